The van der Waals surface area contributed by atoms with E-state index in [1.54, 1.807) is 23.1 Å². The van der Waals surface area contributed by atoms with Crippen LogP contribution in [0.15, 0.2) is 48.5 Å². The number of para-hydroxylation sites is 1. The van der Waals surface area contributed by atoms with Crippen LogP contribution in [0.25, 0.3) is 0 Å². The third-order valence-corrected chi connectivity index (χ3v) is 3.01. The Morgan fingerprint density at radius 1 is 1.11 bits per heavy atom. The second-order valence-electron chi connectivity index (χ2n) is 3.97. The van der Waals surface area contributed by atoms with E-state index in [0.29, 0.717) is 16.5 Å². The van der Waals surface area contributed by atoms with Crippen molar-refractivity contribution in [2.24, 2.45) is 0 Å². The summed E-state index contributed by atoms with van der Waals surface area (Å²) >= 11 is 5.98. The van der Waals surface area contributed by atoms with Crippen molar-refractivity contribution >= 4 is 28.9 Å². The lowest BCUT2D eigenvalue weighted by molar-refractivity contribution is -0.120. The molecule has 0 saturated heterocycles. The van der Waals surface area contributed by atoms with Gasteiger partial charge < -0.3 is 4.74 Å². The van der Waals surface area contributed by atoms with E-state index in [1.807, 2.05) is 30.3 Å². The van der Waals surface area contributed by atoms with Crippen LogP contribution in [-0.2, 0) is 4.79 Å². The van der Waals surface area contributed by atoms with Gasteiger partial charge in [0.2, 0.25) is 0 Å². The number of hydrogen-bond acceptors (Lipinski definition) is 2. The van der Waals surface area contributed by atoms with E-state index < -0.39 is 0 Å². The Bertz CT molecular complexity index is 598. The molecule has 0 atom stereocenters. The predicted octanol–water partition coefficient (Wildman–Crippen LogP) is 3.40. The van der Waals surface area contributed by atoms with Crippen molar-refractivity contribution in [1.82, 2.24) is 0 Å². The SMILES string of the molecule is O=C1COc2ccc(Cl)cc2N1c1ccccc1. The third kappa shape index (κ3) is 1.83. The first kappa shape index (κ1) is 11.1. The zero-order valence-corrected chi connectivity index (χ0v) is 10.2. The fraction of sp³-hybridized carbons (Fsp3) is 0.0714. The first-order chi connectivity index (χ1) is 8.75. The van der Waals surface area contributed by atoms with Gasteiger partial charge >= 0.3 is 0 Å². The van der Waals surface area contributed by atoms with Crippen LogP contribution in [0.5, 0.6) is 5.75 Å². The summed E-state index contributed by atoms with van der Waals surface area (Å²) < 4.78 is 5.39. The molecular weight excluding hydrogens is 250 g/mol. The number of halogens is 1. The molecule has 0 fully saturated rings. The Morgan fingerprint density at radius 3 is 2.67 bits per heavy atom. The lowest BCUT2D eigenvalue weighted by atomic mass is 10.2. The highest BCUT2D eigenvalue weighted by molar-refractivity contribution is 6.31. The molecule has 2 aromatic rings. The van der Waals surface area contributed by atoms with Gasteiger partial charge in [-0.2, -0.15) is 0 Å². The standard InChI is InChI=1S/C14H10ClNO2/c15-10-6-7-13-12(8-10)16(14(17)9-18-13)11-4-2-1-3-5-11/h1-8H,9H2. The van der Waals surface area contributed by atoms with Crippen LogP contribution in [0, 0.1) is 0 Å². The molecule has 90 valence electrons. The number of rotatable bonds is 1. The topological polar surface area (TPSA) is 29.5 Å². The molecule has 0 radical (unpaired) electrons. The average Bonchev–Trinajstić information content (AvgIpc) is 2.39. The van der Waals surface area contributed by atoms with Gasteiger partial charge in [-0.1, -0.05) is 29.8 Å². The highest BCUT2D eigenvalue weighted by Crippen LogP contribution is 2.38. The summed E-state index contributed by atoms with van der Waals surface area (Å²) in [6.07, 6.45) is 0. The van der Waals surface area contributed by atoms with Crippen molar-refractivity contribution in [2.75, 3.05) is 11.5 Å². The van der Waals surface area contributed by atoms with E-state index in [-0.39, 0.29) is 12.5 Å². The Labute approximate surface area is 110 Å². The maximum atomic E-state index is 12.0. The van der Waals surface area contributed by atoms with E-state index in [4.69, 9.17) is 16.3 Å². The zero-order valence-electron chi connectivity index (χ0n) is 9.47. The molecule has 2 aromatic carbocycles. The Morgan fingerprint density at radius 2 is 1.89 bits per heavy atom. The van der Waals surface area contributed by atoms with Crippen molar-refractivity contribution in [3.8, 4) is 5.75 Å². The summed E-state index contributed by atoms with van der Waals surface area (Å²) in [5, 5.41) is 0.577. The highest BCUT2D eigenvalue weighted by atomic mass is 35.5. The fourth-order valence-electron chi connectivity index (χ4n) is 1.99. The Balaban J connectivity index is 2.15. The van der Waals surface area contributed by atoms with E-state index in [1.165, 1.54) is 0 Å². The molecular formula is C14H10ClNO2. The maximum absolute atomic E-state index is 12.0. The first-order valence-electron chi connectivity index (χ1n) is 5.56. The number of hydrogen-bond donors (Lipinski definition) is 0. The zero-order chi connectivity index (χ0) is 12.5. The second kappa shape index (κ2) is 4.35. The van der Waals surface area contributed by atoms with E-state index in [0.717, 1.165) is 5.69 Å². The van der Waals surface area contributed by atoms with Crippen LogP contribution < -0.4 is 9.64 Å². The number of nitrogens with zero attached hydrogens (tertiary/aromatic N) is 1. The molecule has 1 aliphatic rings. The molecule has 0 bridgehead atoms. The monoisotopic (exact) mass is 259 g/mol. The number of carbonyl (C=O) groups excluding carboxylic acids is 1. The summed E-state index contributed by atoms with van der Waals surface area (Å²) in [6.45, 7) is 0.0452. The normalized spacial score (nSPS) is 14.1. The summed E-state index contributed by atoms with van der Waals surface area (Å²) in [4.78, 5) is 13.7. The fourth-order valence-corrected chi connectivity index (χ4v) is 2.15. The Kier molecular flexibility index (Phi) is 2.68. The van der Waals surface area contributed by atoms with Gasteiger partial charge in [-0.3, -0.25) is 9.69 Å². The average molecular weight is 260 g/mol. The summed E-state index contributed by atoms with van der Waals surface area (Å²) in [7, 11) is 0. The minimum atomic E-state index is -0.101. The highest BCUT2D eigenvalue weighted by Gasteiger charge is 2.26. The third-order valence-electron chi connectivity index (χ3n) is 2.78. The van der Waals surface area contributed by atoms with Gasteiger partial charge in [0.05, 0.1) is 5.69 Å². The smallest absolute Gasteiger partial charge is 0.269 e. The number of benzene rings is 2. The van der Waals surface area contributed by atoms with Crippen LogP contribution in [0.1, 0.15) is 0 Å². The minimum absolute atomic E-state index is 0.0452. The van der Waals surface area contributed by atoms with Crippen molar-refractivity contribution in [1.29, 1.82) is 0 Å². The van der Waals surface area contributed by atoms with Gasteiger partial charge in [-0.25, -0.2) is 0 Å². The second-order valence-corrected chi connectivity index (χ2v) is 4.40. The Hall–Kier alpha value is -2.00. The van der Waals surface area contributed by atoms with Crippen LogP contribution in [0.2, 0.25) is 5.02 Å². The molecule has 0 aromatic heterocycles. The molecule has 0 unspecified atom stereocenters. The van der Waals surface area contributed by atoms with Crippen molar-refractivity contribution in [3.63, 3.8) is 0 Å². The van der Waals surface area contributed by atoms with Crippen molar-refractivity contribution < 1.29 is 9.53 Å². The molecule has 3 rings (SSSR count). The minimum Gasteiger partial charge on any atom is -0.482 e. The van der Waals surface area contributed by atoms with Gasteiger partial charge in [0.1, 0.15) is 5.75 Å². The van der Waals surface area contributed by atoms with Crippen LogP contribution in [0.3, 0.4) is 0 Å². The van der Waals surface area contributed by atoms with Crippen molar-refractivity contribution in [2.45, 2.75) is 0 Å². The number of anilines is 2. The molecule has 0 N–H and O–H groups in total. The molecule has 1 amide bonds. The first-order valence-corrected chi connectivity index (χ1v) is 5.94. The van der Waals surface area contributed by atoms with Gasteiger partial charge in [0.25, 0.3) is 5.91 Å². The molecule has 3 nitrogen and oxygen atoms in total. The number of amides is 1. The van der Waals surface area contributed by atoms with Crippen LogP contribution in [0.4, 0.5) is 11.4 Å². The summed E-state index contributed by atoms with van der Waals surface area (Å²) in [5.74, 6) is 0.568. The predicted molar refractivity (Wildman–Crippen MR) is 70.5 cm³/mol. The molecule has 18 heavy (non-hydrogen) atoms. The van der Waals surface area contributed by atoms with Gasteiger partial charge in [0.15, 0.2) is 6.61 Å². The number of carbonyl (C=O) groups is 1. The number of ether oxygens (including phenoxy) is 1. The van der Waals surface area contributed by atoms with Crippen molar-refractivity contribution in [3.05, 3.63) is 53.6 Å². The largest absolute Gasteiger partial charge is 0.482 e. The summed E-state index contributed by atoms with van der Waals surface area (Å²) in [6, 6.07) is 14.7. The molecule has 0 spiro atoms. The molecule has 1 aliphatic heterocycles. The lowest BCUT2D eigenvalue weighted by Crippen LogP contribution is -2.35. The van der Waals surface area contributed by atoms with Gasteiger partial charge in [-0.15, -0.1) is 0 Å². The van der Waals surface area contributed by atoms with E-state index in [9.17, 15) is 4.79 Å². The summed E-state index contributed by atoms with van der Waals surface area (Å²) in [5.41, 5.74) is 1.50. The van der Waals surface area contributed by atoms with Crippen LogP contribution in [-0.4, -0.2) is 12.5 Å². The van der Waals surface area contributed by atoms with Crippen LogP contribution >= 0.6 is 11.6 Å². The lowest BCUT2D eigenvalue weighted by Gasteiger charge is -2.29. The van der Waals surface area contributed by atoms with Gasteiger partial charge in [0, 0.05) is 10.7 Å². The maximum Gasteiger partial charge on any atom is 0.269 e. The quantitative estimate of drug-likeness (QED) is 0.786. The van der Waals surface area contributed by atoms with E-state index in [2.05, 4.69) is 0 Å². The van der Waals surface area contributed by atoms with E-state index >= 15 is 0 Å². The molecule has 0 aliphatic carbocycles. The molecule has 1 heterocycles. The molecule has 0 saturated carbocycles. The van der Waals surface area contributed by atoms with Gasteiger partial charge in [-0.05, 0) is 30.3 Å². The molecule has 4 heteroatoms. The number of fused-ring (bicyclic) bond motifs is 1.